The van der Waals surface area contributed by atoms with Gasteiger partial charge in [-0.2, -0.15) is 0 Å². The molecule has 0 aliphatic rings. The van der Waals surface area contributed by atoms with Crippen LogP contribution in [0.4, 0.5) is 4.39 Å². The molecule has 0 unspecified atom stereocenters. The Hall–Kier alpha value is -1.32. The van der Waals surface area contributed by atoms with Crippen LogP contribution in [-0.4, -0.2) is 0 Å². The maximum absolute atomic E-state index is 13.3. The van der Waals surface area contributed by atoms with Gasteiger partial charge in [-0.25, -0.2) is 4.39 Å². The van der Waals surface area contributed by atoms with Gasteiger partial charge in [0.1, 0.15) is 5.82 Å². The second-order valence-corrected chi connectivity index (χ2v) is 5.28. The number of aryl methyl sites for hydroxylation is 1. The molecule has 0 saturated carbocycles. The molecule has 2 aromatic rings. The lowest BCUT2D eigenvalue weighted by Crippen LogP contribution is -2.00. The van der Waals surface area contributed by atoms with Crippen LogP contribution in [0.2, 0.25) is 0 Å². The van der Waals surface area contributed by atoms with Crippen LogP contribution < -0.4 is 5.73 Å². The number of halogens is 1. The predicted octanol–water partition coefficient (Wildman–Crippen LogP) is 3.89. The molecule has 18 heavy (non-hydrogen) atoms. The third-order valence-electron chi connectivity index (χ3n) is 2.76. The van der Waals surface area contributed by atoms with E-state index in [-0.39, 0.29) is 12.4 Å². The first kappa shape index (κ1) is 13.1. The lowest BCUT2D eigenvalue weighted by Gasteiger charge is -2.05. The maximum Gasteiger partial charge on any atom is 0.127 e. The highest BCUT2D eigenvalue weighted by Crippen LogP contribution is 2.24. The van der Waals surface area contributed by atoms with Gasteiger partial charge in [0.25, 0.3) is 0 Å². The first-order valence-corrected chi connectivity index (χ1v) is 6.84. The first-order valence-electron chi connectivity index (χ1n) is 5.86. The summed E-state index contributed by atoms with van der Waals surface area (Å²) >= 11 is 1.74. The Labute approximate surface area is 111 Å². The summed E-state index contributed by atoms with van der Waals surface area (Å²) in [6, 6.07) is 13.6. The Bertz CT molecular complexity index is 523. The van der Waals surface area contributed by atoms with E-state index in [1.165, 1.54) is 16.5 Å². The van der Waals surface area contributed by atoms with Gasteiger partial charge in [0.15, 0.2) is 0 Å². The standard InChI is InChI=1S/C15H16FNS/c1-11-2-5-14(6-3-11)18-10-12-4-7-15(16)13(8-12)9-17/h2-8H,9-10,17H2,1H3. The normalized spacial score (nSPS) is 10.6. The second kappa shape index (κ2) is 6.03. The summed E-state index contributed by atoms with van der Waals surface area (Å²) in [5.74, 6) is 0.609. The van der Waals surface area contributed by atoms with Crippen molar-refractivity contribution in [2.75, 3.05) is 0 Å². The number of hydrogen-bond donors (Lipinski definition) is 1. The van der Waals surface area contributed by atoms with E-state index in [0.717, 1.165) is 11.3 Å². The summed E-state index contributed by atoms with van der Waals surface area (Å²) in [6.45, 7) is 2.32. The molecule has 0 fully saturated rings. The van der Waals surface area contributed by atoms with Crippen molar-refractivity contribution < 1.29 is 4.39 Å². The van der Waals surface area contributed by atoms with E-state index in [1.807, 2.05) is 12.1 Å². The highest BCUT2D eigenvalue weighted by Gasteiger charge is 2.02. The Kier molecular flexibility index (Phi) is 4.39. The van der Waals surface area contributed by atoms with Crippen LogP contribution in [0.5, 0.6) is 0 Å². The van der Waals surface area contributed by atoms with E-state index >= 15 is 0 Å². The summed E-state index contributed by atoms with van der Waals surface area (Å²) in [7, 11) is 0. The van der Waals surface area contributed by atoms with Crippen LogP contribution >= 0.6 is 11.8 Å². The van der Waals surface area contributed by atoms with Crippen LogP contribution in [0.1, 0.15) is 16.7 Å². The molecule has 0 atom stereocenters. The molecule has 2 aromatic carbocycles. The average molecular weight is 261 g/mol. The third-order valence-corrected chi connectivity index (χ3v) is 3.84. The van der Waals surface area contributed by atoms with Gasteiger partial charge < -0.3 is 5.73 Å². The molecule has 0 amide bonds. The molecule has 3 heteroatoms. The number of rotatable bonds is 4. The van der Waals surface area contributed by atoms with Gasteiger partial charge in [-0.3, -0.25) is 0 Å². The summed E-state index contributed by atoms with van der Waals surface area (Å²) < 4.78 is 13.3. The van der Waals surface area contributed by atoms with Crippen LogP contribution in [-0.2, 0) is 12.3 Å². The van der Waals surface area contributed by atoms with E-state index in [4.69, 9.17) is 5.73 Å². The zero-order chi connectivity index (χ0) is 13.0. The van der Waals surface area contributed by atoms with Crippen molar-refractivity contribution in [2.45, 2.75) is 24.1 Å². The van der Waals surface area contributed by atoms with Crippen molar-refractivity contribution in [3.8, 4) is 0 Å². The fourth-order valence-electron chi connectivity index (χ4n) is 1.68. The number of nitrogens with two attached hydrogens (primary N) is 1. The van der Waals surface area contributed by atoms with Crippen LogP contribution in [0.25, 0.3) is 0 Å². The highest BCUT2D eigenvalue weighted by molar-refractivity contribution is 7.98. The fourth-order valence-corrected chi connectivity index (χ4v) is 2.52. The second-order valence-electron chi connectivity index (χ2n) is 4.23. The average Bonchev–Trinajstić information content (AvgIpc) is 2.39. The van der Waals surface area contributed by atoms with Gasteiger partial charge in [0.2, 0.25) is 0 Å². The minimum Gasteiger partial charge on any atom is -0.326 e. The predicted molar refractivity (Wildman–Crippen MR) is 75.0 cm³/mol. The van der Waals surface area contributed by atoms with E-state index < -0.39 is 0 Å². The monoisotopic (exact) mass is 261 g/mol. The molecule has 0 saturated heterocycles. The van der Waals surface area contributed by atoms with Crippen LogP contribution in [0.15, 0.2) is 47.4 Å². The lowest BCUT2D eigenvalue weighted by atomic mass is 10.1. The van der Waals surface area contributed by atoms with Gasteiger partial charge in [0, 0.05) is 22.8 Å². The van der Waals surface area contributed by atoms with Crippen LogP contribution in [0.3, 0.4) is 0 Å². The number of benzene rings is 2. The van der Waals surface area contributed by atoms with Crippen molar-refractivity contribution >= 4 is 11.8 Å². The minimum absolute atomic E-state index is 0.221. The lowest BCUT2D eigenvalue weighted by molar-refractivity contribution is 0.610. The zero-order valence-electron chi connectivity index (χ0n) is 10.3. The molecule has 0 spiro atoms. The molecule has 0 aliphatic heterocycles. The molecule has 94 valence electrons. The molecule has 0 aliphatic carbocycles. The fraction of sp³-hybridized carbons (Fsp3) is 0.200. The topological polar surface area (TPSA) is 26.0 Å². The summed E-state index contributed by atoms with van der Waals surface area (Å²) in [6.07, 6.45) is 0. The minimum atomic E-state index is -0.221. The summed E-state index contributed by atoms with van der Waals surface area (Å²) in [5.41, 5.74) is 8.43. The quantitative estimate of drug-likeness (QED) is 0.845. The first-order chi connectivity index (χ1) is 8.69. The van der Waals surface area contributed by atoms with Gasteiger partial charge in [-0.1, -0.05) is 29.8 Å². The van der Waals surface area contributed by atoms with E-state index in [0.29, 0.717) is 5.56 Å². The van der Waals surface area contributed by atoms with E-state index in [9.17, 15) is 4.39 Å². The SMILES string of the molecule is Cc1ccc(SCc2ccc(F)c(CN)c2)cc1. The van der Waals surface area contributed by atoms with Crippen molar-refractivity contribution in [3.05, 3.63) is 65.0 Å². The van der Waals surface area contributed by atoms with E-state index in [1.54, 1.807) is 11.8 Å². The molecule has 2 N–H and O–H groups in total. The van der Waals surface area contributed by atoms with Crippen LogP contribution in [0, 0.1) is 12.7 Å². The number of hydrogen-bond acceptors (Lipinski definition) is 2. The van der Waals surface area contributed by atoms with Crippen molar-refractivity contribution in [1.82, 2.24) is 0 Å². The van der Waals surface area contributed by atoms with Crippen molar-refractivity contribution in [2.24, 2.45) is 5.73 Å². The zero-order valence-corrected chi connectivity index (χ0v) is 11.1. The van der Waals surface area contributed by atoms with Gasteiger partial charge in [0.05, 0.1) is 0 Å². The Morgan fingerprint density at radius 2 is 1.83 bits per heavy atom. The molecule has 1 nitrogen and oxygen atoms in total. The van der Waals surface area contributed by atoms with E-state index in [2.05, 4.69) is 31.2 Å². The third kappa shape index (κ3) is 3.34. The number of thioether (sulfide) groups is 1. The molecule has 0 radical (unpaired) electrons. The molecular formula is C15H16FNS. The maximum atomic E-state index is 13.3. The van der Waals surface area contributed by atoms with Crippen molar-refractivity contribution in [1.29, 1.82) is 0 Å². The summed E-state index contributed by atoms with van der Waals surface area (Å²) in [5, 5.41) is 0. The van der Waals surface area contributed by atoms with Crippen molar-refractivity contribution in [3.63, 3.8) is 0 Å². The Morgan fingerprint density at radius 1 is 1.11 bits per heavy atom. The largest absolute Gasteiger partial charge is 0.326 e. The Balaban J connectivity index is 2.04. The summed E-state index contributed by atoms with van der Waals surface area (Å²) in [4.78, 5) is 1.22. The molecule has 0 heterocycles. The molecule has 0 aromatic heterocycles. The molecule has 0 bridgehead atoms. The van der Waals surface area contributed by atoms with Gasteiger partial charge in [-0.15, -0.1) is 11.8 Å². The smallest absolute Gasteiger partial charge is 0.127 e. The Morgan fingerprint density at radius 3 is 2.50 bits per heavy atom. The molecule has 2 rings (SSSR count). The molecular weight excluding hydrogens is 245 g/mol. The highest BCUT2D eigenvalue weighted by atomic mass is 32.2. The van der Waals surface area contributed by atoms with Gasteiger partial charge >= 0.3 is 0 Å². The van der Waals surface area contributed by atoms with Gasteiger partial charge in [-0.05, 0) is 30.7 Å².